The van der Waals surface area contributed by atoms with Gasteiger partial charge >= 0.3 is 5.97 Å². The molecule has 0 amide bonds. The van der Waals surface area contributed by atoms with E-state index in [4.69, 9.17) is 4.74 Å². The van der Waals surface area contributed by atoms with Gasteiger partial charge in [-0.15, -0.1) is 0 Å². The predicted molar refractivity (Wildman–Crippen MR) is 208 cm³/mol. The molecule has 0 aliphatic rings. The summed E-state index contributed by atoms with van der Waals surface area (Å²) in [7, 11) is 0. The number of unbranched alkanes of at least 4 members (excludes halogenated alkanes) is 14. The molecule has 0 heterocycles. The van der Waals surface area contributed by atoms with Gasteiger partial charge in [-0.1, -0.05) is 134 Å². The highest BCUT2D eigenvalue weighted by molar-refractivity contribution is 5.69. The van der Waals surface area contributed by atoms with Gasteiger partial charge in [0.15, 0.2) is 0 Å². The van der Waals surface area contributed by atoms with Gasteiger partial charge < -0.3 is 14.9 Å². The van der Waals surface area contributed by atoms with Crippen LogP contribution in [0.25, 0.3) is 0 Å². The first-order valence-corrected chi connectivity index (χ1v) is 20.4. The third-order valence-electron chi connectivity index (χ3n) is 8.74. The Morgan fingerprint density at radius 3 is 1.38 bits per heavy atom. The molecule has 0 fully saturated rings. The Labute approximate surface area is 298 Å². The van der Waals surface area contributed by atoms with Gasteiger partial charge in [-0.25, -0.2) is 0 Å². The normalized spacial score (nSPS) is 13.6. The van der Waals surface area contributed by atoms with E-state index in [0.717, 1.165) is 70.6 Å². The van der Waals surface area contributed by atoms with E-state index in [1.165, 1.54) is 77.0 Å². The number of esters is 1. The van der Waals surface area contributed by atoms with E-state index in [1.807, 2.05) is 6.92 Å². The molecule has 0 radical (unpaired) electrons. The Kier molecular flexibility index (Phi) is 36.8. The van der Waals surface area contributed by atoms with Gasteiger partial charge in [0.1, 0.15) is 0 Å². The molecule has 0 aromatic rings. The van der Waals surface area contributed by atoms with Gasteiger partial charge in [0.05, 0.1) is 18.8 Å². The number of aliphatic hydroxyl groups is 2. The van der Waals surface area contributed by atoms with Crippen LogP contribution in [0.3, 0.4) is 0 Å². The van der Waals surface area contributed by atoms with Crippen LogP contribution < -0.4 is 0 Å². The minimum absolute atomic E-state index is 0.152. The first-order chi connectivity index (χ1) is 23.5. The van der Waals surface area contributed by atoms with Crippen molar-refractivity contribution in [1.82, 2.24) is 4.90 Å². The third-order valence-corrected chi connectivity index (χ3v) is 8.74. The molecule has 0 saturated carbocycles. The predicted octanol–water partition coefficient (Wildman–Crippen LogP) is 11.6. The minimum Gasteiger partial charge on any atom is -0.466 e. The Hall–Kier alpha value is -1.69. The van der Waals surface area contributed by atoms with Crippen LogP contribution in [0.5, 0.6) is 0 Å². The summed E-state index contributed by atoms with van der Waals surface area (Å²) < 4.78 is 5.23. The number of carbonyl (C=O) groups excluding carboxylic acids is 1. The monoisotopic (exact) mass is 674 g/mol. The van der Waals surface area contributed by atoms with Crippen LogP contribution in [0.1, 0.15) is 181 Å². The highest BCUT2D eigenvalue weighted by Gasteiger charge is 2.16. The molecule has 2 atom stereocenters. The van der Waals surface area contributed by atoms with Gasteiger partial charge in [-0.3, -0.25) is 9.69 Å². The molecular formula is C43H79NO4. The van der Waals surface area contributed by atoms with E-state index in [1.54, 1.807) is 0 Å². The van der Waals surface area contributed by atoms with E-state index in [-0.39, 0.29) is 5.97 Å². The number of rotatable bonds is 36. The lowest BCUT2D eigenvalue weighted by Gasteiger charge is -2.27. The van der Waals surface area contributed by atoms with Crippen molar-refractivity contribution in [1.29, 1.82) is 0 Å². The van der Waals surface area contributed by atoms with Crippen molar-refractivity contribution in [2.75, 3.05) is 26.2 Å². The lowest BCUT2D eigenvalue weighted by atomic mass is 10.1. The second-order valence-corrected chi connectivity index (χ2v) is 13.7. The average molecular weight is 674 g/mol. The van der Waals surface area contributed by atoms with Gasteiger partial charge in [0.25, 0.3) is 0 Å². The summed E-state index contributed by atoms with van der Waals surface area (Å²) >= 11 is 0. The number of ether oxygens (including phenoxy) is 1. The zero-order chi connectivity index (χ0) is 35.2. The van der Waals surface area contributed by atoms with Crippen molar-refractivity contribution in [3.63, 3.8) is 0 Å². The first kappa shape index (κ1) is 46.3. The van der Waals surface area contributed by atoms with Crippen molar-refractivity contribution < 1.29 is 19.7 Å². The SMILES string of the molecule is CCCCC/C=C\C/C=C\CCCCCCC(O)CN(CCCC(=O)OCCC)CC(O)CCCCCC/C=C\C/C=C\CCCCC. The van der Waals surface area contributed by atoms with Crippen LogP contribution in [-0.2, 0) is 9.53 Å². The molecular weight excluding hydrogens is 594 g/mol. The highest BCUT2D eigenvalue weighted by Crippen LogP contribution is 2.13. The van der Waals surface area contributed by atoms with E-state index >= 15 is 0 Å². The lowest BCUT2D eigenvalue weighted by molar-refractivity contribution is -0.143. The summed E-state index contributed by atoms with van der Waals surface area (Å²) in [6.45, 7) is 8.75. The van der Waals surface area contributed by atoms with E-state index < -0.39 is 12.2 Å². The molecule has 2 unspecified atom stereocenters. The van der Waals surface area contributed by atoms with Gasteiger partial charge in [-0.2, -0.15) is 0 Å². The van der Waals surface area contributed by atoms with Crippen LogP contribution >= 0.6 is 0 Å². The maximum atomic E-state index is 12.0. The Bertz CT molecular complexity index is 738. The first-order valence-electron chi connectivity index (χ1n) is 20.4. The molecule has 0 aliphatic carbocycles. The molecule has 0 bridgehead atoms. The van der Waals surface area contributed by atoms with Gasteiger partial charge in [0, 0.05) is 19.5 Å². The third kappa shape index (κ3) is 35.6. The molecule has 0 saturated heterocycles. The van der Waals surface area contributed by atoms with Crippen LogP contribution in [0, 0.1) is 0 Å². The molecule has 5 nitrogen and oxygen atoms in total. The zero-order valence-electron chi connectivity index (χ0n) is 31.9. The molecule has 280 valence electrons. The smallest absolute Gasteiger partial charge is 0.305 e. The Balaban J connectivity index is 4.25. The van der Waals surface area contributed by atoms with E-state index in [0.29, 0.717) is 39.1 Å². The van der Waals surface area contributed by atoms with E-state index in [2.05, 4.69) is 67.4 Å². The van der Waals surface area contributed by atoms with Crippen LogP contribution in [0.4, 0.5) is 0 Å². The fourth-order valence-electron chi connectivity index (χ4n) is 5.80. The number of hydrogen-bond donors (Lipinski definition) is 2. The van der Waals surface area contributed by atoms with Crippen LogP contribution in [-0.4, -0.2) is 59.5 Å². The van der Waals surface area contributed by atoms with Crippen LogP contribution in [0.2, 0.25) is 0 Å². The summed E-state index contributed by atoms with van der Waals surface area (Å²) in [5.74, 6) is -0.152. The minimum atomic E-state index is -0.405. The number of hydrogen-bond acceptors (Lipinski definition) is 5. The molecule has 0 rings (SSSR count). The van der Waals surface area contributed by atoms with Gasteiger partial charge in [-0.05, 0) is 96.4 Å². The van der Waals surface area contributed by atoms with E-state index in [9.17, 15) is 15.0 Å². The summed E-state index contributed by atoms with van der Waals surface area (Å²) in [5.41, 5.74) is 0. The molecule has 5 heteroatoms. The van der Waals surface area contributed by atoms with Gasteiger partial charge in [0.2, 0.25) is 0 Å². The Morgan fingerprint density at radius 2 is 0.958 bits per heavy atom. The van der Waals surface area contributed by atoms with Crippen LogP contribution in [0.15, 0.2) is 48.6 Å². The number of carbonyl (C=O) groups is 1. The average Bonchev–Trinajstić information content (AvgIpc) is 3.07. The second-order valence-electron chi connectivity index (χ2n) is 13.7. The molecule has 0 aromatic carbocycles. The zero-order valence-corrected chi connectivity index (χ0v) is 31.9. The highest BCUT2D eigenvalue weighted by atomic mass is 16.5. The quantitative estimate of drug-likeness (QED) is 0.0393. The number of allylic oxidation sites excluding steroid dienone is 8. The second kappa shape index (κ2) is 38.1. The maximum Gasteiger partial charge on any atom is 0.305 e. The number of aliphatic hydroxyl groups excluding tert-OH is 2. The number of nitrogens with zero attached hydrogens (tertiary/aromatic N) is 1. The largest absolute Gasteiger partial charge is 0.466 e. The summed E-state index contributed by atoms with van der Waals surface area (Å²) in [5, 5.41) is 21.6. The summed E-state index contributed by atoms with van der Waals surface area (Å²) in [6, 6.07) is 0. The van der Waals surface area contributed by atoms with Crippen molar-refractivity contribution >= 4 is 5.97 Å². The fraction of sp³-hybridized carbons (Fsp3) is 0.791. The standard InChI is InChI=1S/C43H79NO4/c1-4-7-9-11-13-15-17-19-21-23-25-27-29-31-34-41(45)39-44(37-33-36-43(47)48-38-6-3)40-42(46)35-32-30-28-26-24-22-20-18-16-14-12-10-8-5-2/h13-16,19-22,41-42,45-46H,4-12,17-18,23-40H2,1-3H3/b15-13-,16-14-,21-19-,22-20-. The topological polar surface area (TPSA) is 70.0 Å². The summed E-state index contributed by atoms with van der Waals surface area (Å²) in [6.07, 6.45) is 44.7. The van der Waals surface area contributed by atoms with Crippen molar-refractivity contribution in [2.24, 2.45) is 0 Å². The fourth-order valence-corrected chi connectivity index (χ4v) is 5.80. The van der Waals surface area contributed by atoms with Crippen molar-refractivity contribution in [2.45, 2.75) is 193 Å². The maximum absolute atomic E-state index is 12.0. The molecule has 0 aromatic heterocycles. The summed E-state index contributed by atoms with van der Waals surface area (Å²) in [4.78, 5) is 14.2. The molecule has 0 spiro atoms. The molecule has 48 heavy (non-hydrogen) atoms. The van der Waals surface area contributed by atoms with Crippen molar-refractivity contribution in [3.05, 3.63) is 48.6 Å². The lowest BCUT2D eigenvalue weighted by Crippen LogP contribution is -2.39. The molecule has 2 N–H and O–H groups in total. The molecule has 0 aliphatic heterocycles. The Morgan fingerprint density at radius 1 is 0.542 bits per heavy atom. The van der Waals surface area contributed by atoms with Crippen molar-refractivity contribution in [3.8, 4) is 0 Å².